The van der Waals surface area contributed by atoms with Gasteiger partial charge in [-0.05, 0) is 49.4 Å². The number of alkyl halides is 3. The summed E-state index contributed by atoms with van der Waals surface area (Å²) in [5, 5.41) is 0. The highest BCUT2D eigenvalue weighted by molar-refractivity contribution is 5.85. The molecule has 3 rings (SSSR count). The van der Waals surface area contributed by atoms with E-state index in [0.29, 0.717) is 18.3 Å². The number of ether oxygens (including phenoxy) is 2. The summed E-state index contributed by atoms with van der Waals surface area (Å²) >= 11 is 0. The number of nitrogens with zero attached hydrogens (tertiary/aromatic N) is 1. The van der Waals surface area contributed by atoms with Gasteiger partial charge in [0.2, 0.25) is 0 Å². The van der Waals surface area contributed by atoms with Gasteiger partial charge in [0.1, 0.15) is 11.5 Å². The number of imidazole rings is 1. The summed E-state index contributed by atoms with van der Waals surface area (Å²) in [6.45, 7) is 0.526. The Bertz CT molecular complexity index is 628. The third-order valence-corrected chi connectivity index (χ3v) is 3.63. The standard InChI is InChI=1S/C15H15F3N2O2.ClH/c16-15(17,18)22-12-4-2-11(3-5-12)21-8-10-1-6-13-14(7-10)20-9-19-13;/h2-5,9-10H,1,6-8H2,(H,19,20);1H. The molecule has 126 valence electrons. The molecule has 23 heavy (non-hydrogen) atoms. The van der Waals surface area contributed by atoms with Crippen molar-refractivity contribution in [3.63, 3.8) is 0 Å². The van der Waals surface area contributed by atoms with Crippen molar-refractivity contribution in [2.75, 3.05) is 6.61 Å². The van der Waals surface area contributed by atoms with Gasteiger partial charge in [-0.15, -0.1) is 25.6 Å². The normalized spacial score (nSPS) is 17.1. The zero-order valence-electron chi connectivity index (χ0n) is 12.1. The molecule has 1 aliphatic rings. The summed E-state index contributed by atoms with van der Waals surface area (Å²) < 4.78 is 45.7. The van der Waals surface area contributed by atoms with Crippen LogP contribution >= 0.6 is 12.4 Å². The van der Waals surface area contributed by atoms with Crippen LogP contribution in [-0.2, 0) is 12.8 Å². The van der Waals surface area contributed by atoms with Gasteiger partial charge in [0.05, 0.1) is 18.6 Å². The van der Waals surface area contributed by atoms with E-state index in [1.54, 1.807) is 6.33 Å². The average molecular weight is 349 g/mol. The molecule has 0 spiro atoms. The predicted octanol–water partition coefficient (Wildman–Crippen LogP) is 3.91. The van der Waals surface area contributed by atoms with E-state index in [1.165, 1.54) is 24.3 Å². The van der Waals surface area contributed by atoms with Gasteiger partial charge in [0.25, 0.3) is 0 Å². The smallest absolute Gasteiger partial charge is 0.493 e. The lowest BCUT2D eigenvalue weighted by atomic mass is 9.90. The van der Waals surface area contributed by atoms with Crippen LogP contribution in [0.25, 0.3) is 0 Å². The first-order valence-corrected chi connectivity index (χ1v) is 6.99. The second-order valence-corrected chi connectivity index (χ2v) is 5.27. The number of fused-ring (bicyclic) bond motifs is 1. The van der Waals surface area contributed by atoms with Gasteiger partial charge in [-0.1, -0.05) is 0 Å². The van der Waals surface area contributed by atoms with Crippen molar-refractivity contribution in [2.24, 2.45) is 5.92 Å². The zero-order valence-corrected chi connectivity index (χ0v) is 12.9. The molecule has 0 fully saturated rings. The van der Waals surface area contributed by atoms with Crippen molar-refractivity contribution in [2.45, 2.75) is 25.6 Å². The van der Waals surface area contributed by atoms with Crippen molar-refractivity contribution in [1.29, 1.82) is 0 Å². The number of aromatic amines is 1. The fraction of sp³-hybridized carbons (Fsp3) is 0.400. The number of benzene rings is 1. The summed E-state index contributed by atoms with van der Waals surface area (Å²) in [4.78, 5) is 7.37. The van der Waals surface area contributed by atoms with Crippen LogP contribution in [0.4, 0.5) is 13.2 Å². The molecule has 0 amide bonds. The Hall–Kier alpha value is -1.89. The number of H-pyrrole nitrogens is 1. The Morgan fingerprint density at radius 3 is 2.57 bits per heavy atom. The van der Waals surface area contributed by atoms with E-state index in [0.717, 1.165) is 30.7 Å². The minimum atomic E-state index is -4.67. The first kappa shape index (κ1) is 17.5. The summed E-state index contributed by atoms with van der Waals surface area (Å²) in [7, 11) is 0. The molecule has 1 atom stereocenters. The van der Waals surface area contributed by atoms with E-state index in [9.17, 15) is 13.2 Å². The van der Waals surface area contributed by atoms with Crippen LogP contribution in [0.1, 0.15) is 17.8 Å². The molecule has 1 aliphatic carbocycles. The molecule has 0 radical (unpaired) electrons. The molecule has 2 aromatic rings. The average Bonchev–Trinajstić information content (AvgIpc) is 2.92. The third-order valence-electron chi connectivity index (χ3n) is 3.63. The molecule has 1 aromatic heterocycles. The number of hydrogen-bond acceptors (Lipinski definition) is 3. The highest BCUT2D eigenvalue weighted by Gasteiger charge is 2.31. The topological polar surface area (TPSA) is 47.1 Å². The van der Waals surface area contributed by atoms with Gasteiger partial charge in [0, 0.05) is 5.69 Å². The Morgan fingerprint density at radius 2 is 1.87 bits per heavy atom. The van der Waals surface area contributed by atoms with Crippen LogP contribution in [0.15, 0.2) is 30.6 Å². The lowest BCUT2D eigenvalue weighted by Gasteiger charge is -2.21. The minimum Gasteiger partial charge on any atom is -0.493 e. The molecule has 4 nitrogen and oxygen atoms in total. The van der Waals surface area contributed by atoms with E-state index >= 15 is 0 Å². The third kappa shape index (κ3) is 4.79. The molecule has 0 saturated carbocycles. The highest BCUT2D eigenvalue weighted by Crippen LogP contribution is 2.26. The summed E-state index contributed by atoms with van der Waals surface area (Å²) in [5.41, 5.74) is 2.26. The van der Waals surface area contributed by atoms with Gasteiger partial charge >= 0.3 is 6.36 Å². The predicted molar refractivity (Wildman–Crippen MR) is 80.0 cm³/mol. The molecule has 0 aliphatic heterocycles. The van der Waals surface area contributed by atoms with Gasteiger partial charge in [0.15, 0.2) is 0 Å². The van der Waals surface area contributed by atoms with E-state index in [4.69, 9.17) is 4.74 Å². The minimum absolute atomic E-state index is 0. The van der Waals surface area contributed by atoms with E-state index < -0.39 is 6.36 Å². The number of nitrogens with one attached hydrogen (secondary N) is 1. The molecule has 8 heteroatoms. The quantitative estimate of drug-likeness (QED) is 0.911. The maximum Gasteiger partial charge on any atom is 0.573 e. The first-order valence-electron chi connectivity index (χ1n) is 6.99. The molecule has 1 N–H and O–H groups in total. The number of halogens is 4. The number of hydrogen-bond donors (Lipinski definition) is 1. The van der Waals surface area contributed by atoms with E-state index in [-0.39, 0.29) is 18.2 Å². The number of rotatable bonds is 4. The highest BCUT2D eigenvalue weighted by atomic mass is 35.5. The van der Waals surface area contributed by atoms with E-state index in [1.807, 2.05) is 0 Å². The van der Waals surface area contributed by atoms with Crippen LogP contribution in [0.2, 0.25) is 0 Å². The number of aromatic nitrogens is 2. The van der Waals surface area contributed by atoms with Crippen LogP contribution in [0.5, 0.6) is 11.5 Å². The molecule has 1 aromatic carbocycles. The molecule has 1 unspecified atom stereocenters. The summed E-state index contributed by atoms with van der Waals surface area (Å²) in [6.07, 6.45) is -0.178. The van der Waals surface area contributed by atoms with Crippen molar-refractivity contribution >= 4 is 12.4 Å². The number of aryl methyl sites for hydroxylation is 1. The fourth-order valence-electron chi connectivity index (χ4n) is 2.57. The Kier molecular flexibility index (Phi) is 5.41. The van der Waals surface area contributed by atoms with Gasteiger partial charge < -0.3 is 14.5 Å². The molecule has 0 saturated heterocycles. The van der Waals surface area contributed by atoms with Crippen molar-refractivity contribution in [3.8, 4) is 11.5 Å². The molecular weight excluding hydrogens is 333 g/mol. The SMILES string of the molecule is Cl.FC(F)(F)Oc1ccc(OCC2CCc3nc[nH]c3C2)cc1. The molecule has 0 bridgehead atoms. The largest absolute Gasteiger partial charge is 0.573 e. The van der Waals surface area contributed by atoms with Crippen LogP contribution in [0, 0.1) is 5.92 Å². The zero-order chi connectivity index (χ0) is 15.6. The monoisotopic (exact) mass is 348 g/mol. The van der Waals surface area contributed by atoms with Crippen molar-refractivity contribution < 1.29 is 22.6 Å². The summed E-state index contributed by atoms with van der Waals surface area (Å²) in [5.74, 6) is 0.656. The summed E-state index contributed by atoms with van der Waals surface area (Å²) in [6, 6.07) is 5.45. The van der Waals surface area contributed by atoms with Crippen LogP contribution in [-0.4, -0.2) is 22.9 Å². The van der Waals surface area contributed by atoms with Gasteiger partial charge in [-0.25, -0.2) is 4.98 Å². The van der Waals surface area contributed by atoms with Gasteiger partial charge in [-0.3, -0.25) is 0 Å². The fourth-order valence-corrected chi connectivity index (χ4v) is 2.57. The Morgan fingerprint density at radius 1 is 1.17 bits per heavy atom. The van der Waals surface area contributed by atoms with Crippen LogP contribution in [0.3, 0.4) is 0 Å². The van der Waals surface area contributed by atoms with Crippen LogP contribution < -0.4 is 9.47 Å². The lowest BCUT2D eigenvalue weighted by molar-refractivity contribution is -0.274. The second kappa shape index (κ2) is 7.12. The van der Waals surface area contributed by atoms with Crippen molar-refractivity contribution in [3.05, 3.63) is 42.0 Å². The Balaban J connectivity index is 0.00000192. The maximum absolute atomic E-state index is 12.1. The van der Waals surface area contributed by atoms with E-state index in [2.05, 4.69) is 14.7 Å². The molecule has 1 heterocycles. The van der Waals surface area contributed by atoms with Gasteiger partial charge in [-0.2, -0.15) is 0 Å². The first-order chi connectivity index (χ1) is 10.5. The Labute approximate surface area is 137 Å². The maximum atomic E-state index is 12.1. The molecular formula is C15H16ClF3N2O2. The second-order valence-electron chi connectivity index (χ2n) is 5.27. The van der Waals surface area contributed by atoms with Crippen molar-refractivity contribution in [1.82, 2.24) is 9.97 Å². The lowest BCUT2D eigenvalue weighted by Crippen LogP contribution is -2.20.